The van der Waals surface area contributed by atoms with Gasteiger partial charge in [0.15, 0.2) is 5.78 Å². The van der Waals surface area contributed by atoms with E-state index >= 15 is 0 Å². The van der Waals surface area contributed by atoms with Crippen molar-refractivity contribution in [2.75, 3.05) is 0 Å². The van der Waals surface area contributed by atoms with Gasteiger partial charge in [-0.05, 0) is 30.7 Å². The highest BCUT2D eigenvalue weighted by Crippen LogP contribution is 2.11. The predicted octanol–water partition coefficient (Wildman–Crippen LogP) is 2.29. The summed E-state index contributed by atoms with van der Waals surface area (Å²) >= 11 is 5.66. The van der Waals surface area contributed by atoms with Crippen LogP contribution in [0.3, 0.4) is 0 Å². The minimum atomic E-state index is -0.902. The van der Waals surface area contributed by atoms with Crippen molar-refractivity contribution in [1.82, 2.24) is 0 Å². The molecule has 0 bridgehead atoms. The zero-order valence-electron chi connectivity index (χ0n) is 7.33. The van der Waals surface area contributed by atoms with Crippen LogP contribution in [0.5, 0.6) is 0 Å². The van der Waals surface area contributed by atoms with Gasteiger partial charge in [0.2, 0.25) is 0 Å². The number of ketones is 1. The number of carbonyl (C=O) groups excluding carboxylic acids is 1. The lowest BCUT2D eigenvalue weighted by molar-refractivity contribution is 0.0741. The largest absolute Gasteiger partial charge is 0.385 e. The Bertz CT molecular complexity index is 292. The molecule has 0 spiro atoms. The highest BCUT2D eigenvalue weighted by molar-refractivity contribution is 6.30. The average Bonchev–Trinajstić information content (AvgIpc) is 2.17. The van der Waals surface area contributed by atoms with Gasteiger partial charge in [0.05, 0.1) is 0 Å². The van der Waals surface area contributed by atoms with Crippen molar-refractivity contribution in [3.05, 3.63) is 34.9 Å². The first-order chi connectivity index (χ1) is 6.15. The summed E-state index contributed by atoms with van der Waals surface area (Å²) in [5.74, 6) is -0.251. The summed E-state index contributed by atoms with van der Waals surface area (Å²) in [5, 5.41) is 9.85. The number of Topliss-reactive ketones (excluding diaryl/α,β-unsaturated/α-hetero) is 1. The molecule has 0 aliphatic heterocycles. The molecule has 0 aliphatic rings. The van der Waals surface area contributed by atoms with E-state index in [-0.39, 0.29) is 5.78 Å². The van der Waals surface area contributed by atoms with E-state index in [0.717, 1.165) is 0 Å². The number of halogens is 1. The Labute approximate surface area is 82.2 Å². The van der Waals surface area contributed by atoms with Crippen LogP contribution in [-0.4, -0.2) is 17.0 Å². The Hall–Kier alpha value is -0.860. The molecule has 1 aromatic rings. The van der Waals surface area contributed by atoms with Gasteiger partial charge in [-0.25, -0.2) is 0 Å². The number of aliphatic hydroxyl groups is 1. The van der Waals surface area contributed by atoms with Crippen LogP contribution in [0.2, 0.25) is 5.02 Å². The minimum Gasteiger partial charge on any atom is -0.385 e. The maximum Gasteiger partial charge on any atom is 0.191 e. The maximum absolute atomic E-state index is 11.4. The summed E-state index contributed by atoms with van der Waals surface area (Å²) < 4.78 is 0. The summed E-state index contributed by atoms with van der Waals surface area (Å²) in [6, 6.07) is 6.50. The van der Waals surface area contributed by atoms with Gasteiger partial charge in [-0.1, -0.05) is 18.5 Å². The number of aliphatic hydroxyl groups excluding tert-OH is 1. The van der Waals surface area contributed by atoms with Gasteiger partial charge in [0, 0.05) is 10.6 Å². The van der Waals surface area contributed by atoms with Crippen LogP contribution in [0, 0.1) is 0 Å². The van der Waals surface area contributed by atoms with Crippen molar-refractivity contribution in [2.45, 2.75) is 19.4 Å². The smallest absolute Gasteiger partial charge is 0.191 e. The zero-order chi connectivity index (χ0) is 9.84. The first-order valence-electron chi connectivity index (χ1n) is 4.13. The summed E-state index contributed by atoms with van der Waals surface area (Å²) in [7, 11) is 0. The molecule has 0 heterocycles. The fourth-order valence-corrected chi connectivity index (χ4v) is 1.12. The van der Waals surface area contributed by atoms with E-state index in [9.17, 15) is 9.90 Å². The van der Waals surface area contributed by atoms with E-state index in [2.05, 4.69) is 0 Å². The average molecular weight is 199 g/mol. The van der Waals surface area contributed by atoms with E-state index in [0.29, 0.717) is 17.0 Å². The van der Waals surface area contributed by atoms with Crippen LogP contribution in [-0.2, 0) is 0 Å². The number of hydrogen-bond donors (Lipinski definition) is 1. The fourth-order valence-electron chi connectivity index (χ4n) is 0.992. The standard InChI is InChI=1S/C10H11ClO2/c1-2-9(12)10(13)7-3-5-8(11)6-4-7/h3-6,9,12H,2H2,1H3. The number of benzene rings is 1. The molecule has 0 saturated heterocycles. The molecule has 0 saturated carbocycles. The topological polar surface area (TPSA) is 37.3 Å². The normalized spacial score (nSPS) is 12.5. The van der Waals surface area contributed by atoms with E-state index in [1.54, 1.807) is 31.2 Å². The first kappa shape index (κ1) is 10.2. The molecule has 0 amide bonds. The van der Waals surface area contributed by atoms with Crippen LogP contribution < -0.4 is 0 Å². The monoisotopic (exact) mass is 198 g/mol. The van der Waals surface area contributed by atoms with Crippen molar-refractivity contribution >= 4 is 17.4 Å². The molecule has 0 aromatic heterocycles. The molecule has 3 heteroatoms. The third kappa shape index (κ3) is 2.54. The van der Waals surface area contributed by atoms with Crippen molar-refractivity contribution in [3.8, 4) is 0 Å². The van der Waals surface area contributed by atoms with E-state index in [1.807, 2.05) is 0 Å². The molecule has 1 rings (SSSR count). The van der Waals surface area contributed by atoms with E-state index in [4.69, 9.17) is 11.6 Å². The third-order valence-electron chi connectivity index (χ3n) is 1.82. The van der Waals surface area contributed by atoms with E-state index < -0.39 is 6.10 Å². The van der Waals surface area contributed by atoms with E-state index in [1.165, 1.54) is 0 Å². The molecule has 0 aliphatic carbocycles. The Morgan fingerprint density at radius 2 is 2.00 bits per heavy atom. The van der Waals surface area contributed by atoms with Gasteiger partial charge in [0.25, 0.3) is 0 Å². The molecule has 1 atom stereocenters. The molecule has 2 nitrogen and oxygen atoms in total. The second-order valence-corrected chi connectivity index (χ2v) is 3.23. The minimum absolute atomic E-state index is 0.251. The van der Waals surface area contributed by atoms with Crippen LogP contribution in [0.4, 0.5) is 0 Å². The molecule has 1 aromatic carbocycles. The molecular weight excluding hydrogens is 188 g/mol. The maximum atomic E-state index is 11.4. The summed E-state index contributed by atoms with van der Waals surface area (Å²) in [4.78, 5) is 11.4. The molecular formula is C10H11ClO2. The van der Waals surface area contributed by atoms with Gasteiger partial charge in [0.1, 0.15) is 6.10 Å². The third-order valence-corrected chi connectivity index (χ3v) is 2.07. The quantitative estimate of drug-likeness (QED) is 0.757. The van der Waals surface area contributed by atoms with Gasteiger partial charge in [-0.2, -0.15) is 0 Å². The molecule has 0 fully saturated rings. The van der Waals surface area contributed by atoms with Gasteiger partial charge in [-0.3, -0.25) is 4.79 Å². The second kappa shape index (κ2) is 4.40. The predicted molar refractivity (Wildman–Crippen MR) is 52.1 cm³/mol. The lowest BCUT2D eigenvalue weighted by Gasteiger charge is -2.05. The number of hydrogen-bond acceptors (Lipinski definition) is 2. The highest BCUT2D eigenvalue weighted by atomic mass is 35.5. The van der Waals surface area contributed by atoms with Crippen LogP contribution >= 0.6 is 11.6 Å². The lowest BCUT2D eigenvalue weighted by Crippen LogP contribution is -2.18. The molecule has 1 N–H and O–H groups in total. The number of rotatable bonds is 3. The second-order valence-electron chi connectivity index (χ2n) is 2.80. The van der Waals surface area contributed by atoms with Crippen molar-refractivity contribution in [3.63, 3.8) is 0 Å². The lowest BCUT2D eigenvalue weighted by atomic mass is 10.1. The van der Waals surface area contributed by atoms with Crippen molar-refractivity contribution < 1.29 is 9.90 Å². The Morgan fingerprint density at radius 3 is 2.46 bits per heavy atom. The summed E-state index contributed by atoms with van der Waals surface area (Å²) in [5.41, 5.74) is 0.499. The van der Waals surface area contributed by atoms with Gasteiger partial charge in [-0.15, -0.1) is 0 Å². The highest BCUT2D eigenvalue weighted by Gasteiger charge is 2.14. The Balaban J connectivity index is 2.83. The van der Waals surface area contributed by atoms with Crippen molar-refractivity contribution in [1.29, 1.82) is 0 Å². The number of carbonyl (C=O) groups is 1. The SMILES string of the molecule is CCC(O)C(=O)c1ccc(Cl)cc1. The van der Waals surface area contributed by atoms with Crippen molar-refractivity contribution in [2.24, 2.45) is 0 Å². The molecule has 70 valence electrons. The summed E-state index contributed by atoms with van der Waals surface area (Å²) in [6.45, 7) is 1.76. The van der Waals surface area contributed by atoms with Gasteiger partial charge >= 0.3 is 0 Å². The van der Waals surface area contributed by atoms with Crippen LogP contribution in [0.1, 0.15) is 23.7 Å². The fraction of sp³-hybridized carbons (Fsp3) is 0.300. The Kier molecular flexibility index (Phi) is 3.46. The van der Waals surface area contributed by atoms with Crippen LogP contribution in [0.15, 0.2) is 24.3 Å². The van der Waals surface area contributed by atoms with Crippen LogP contribution in [0.25, 0.3) is 0 Å². The molecule has 1 unspecified atom stereocenters. The molecule has 13 heavy (non-hydrogen) atoms. The first-order valence-corrected chi connectivity index (χ1v) is 4.50. The zero-order valence-corrected chi connectivity index (χ0v) is 8.08. The van der Waals surface area contributed by atoms with Gasteiger partial charge < -0.3 is 5.11 Å². The summed E-state index contributed by atoms with van der Waals surface area (Å²) in [6.07, 6.45) is -0.470. The molecule has 0 radical (unpaired) electrons. The Morgan fingerprint density at radius 1 is 1.46 bits per heavy atom.